The molecule has 0 bridgehead atoms. The lowest BCUT2D eigenvalue weighted by Gasteiger charge is -2.27. The fraction of sp³-hybridized carbons (Fsp3) is 0.812. The van der Waals surface area contributed by atoms with Crippen LogP contribution in [0.1, 0.15) is 46.0 Å². The lowest BCUT2D eigenvalue weighted by Crippen LogP contribution is -2.43. The molecule has 1 atom stereocenters. The molecule has 1 heterocycles. The average Bonchev–Trinajstić information content (AvgIpc) is 3.04. The van der Waals surface area contributed by atoms with Crippen molar-refractivity contribution < 1.29 is 19.5 Å². The fourth-order valence-corrected chi connectivity index (χ4v) is 3.56. The Morgan fingerprint density at radius 1 is 1.32 bits per heavy atom. The van der Waals surface area contributed by atoms with E-state index in [4.69, 9.17) is 5.11 Å². The van der Waals surface area contributed by atoms with Crippen molar-refractivity contribution in [2.24, 2.45) is 11.8 Å². The molecule has 1 saturated heterocycles. The van der Waals surface area contributed by atoms with Crippen molar-refractivity contribution in [1.29, 1.82) is 0 Å². The molecule has 0 aromatic rings. The smallest absolute Gasteiger partial charge is 0.323 e. The van der Waals surface area contributed by atoms with Gasteiger partial charge in [-0.25, -0.2) is 0 Å². The van der Waals surface area contributed by atoms with Gasteiger partial charge in [0.05, 0.1) is 5.92 Å². The van der Waals surface area contributed by atoms with E-state index in [1.165, 1.54) is 4.90 Å². The lowest BCUT2D eigenvalue weighted by atomic mass is 10.1. The minimum atomic E-state index is -1.01. The SMILES string of the molecule is CC(C)CN(CC(=O)O)C(=O)C1CC(=O)N(C2CCCC2)C1. The molecule has 22 heavy (non-hydrogen) atoms. The summed E-state index contributed by atoms with van der Waals surface area (Å²) in [6, 6.07) is 0.281. The number of carbonyl (C=O) groups is 3. The van der Waals surface area contributed by atoms with Crippen LogP contribution in [0, 0.1) is 11.8 Å². The number of carboxylic acid groups (broad SMARTS) is 1. The summed E-state index contributed by atoms with van der Waals surface area (Å²) in [5.41, 5.74) is 0. The van der Waals surface area contributed by atoms with Crippen molar-refractivity contribution in [3.05, 3.63) is 0 Å². The van der Waals surface area contributed by atoms with Crippen LogP contribution in [0.3, 0.4) is 0 Å². The number of hydrogen-bond donors (Lipinski definition) is 1. The van der Waals surface area contributed by atoms with E-state index in [9.17, 15) is 14.4 Å². The highest BCUT2D eigenvalue weighted by Gasteiger charge is 2.40. The van der Waals surface area contributed by atoms with Gasteiger partial charge in [-0.05, 0) is 18.8 Å². The summed E-state index contributed by atoms with van der Waals surface area (Å²) in [6.45, 7) is 4.49. The highest BCUT2D eigenvalue weighted by atomic mass is 16.4. The Bertz CT molecular complexity index is 443. The molecular weight excluding hydrogens is 284 g/mol. The van der Waals surface area contributed by atoms with Crippen molar-refractivity contribution in [3.8, 4) is 0 Å². The van der Waals surface area contributed by atoms with Crippen LogP contribution in [0.15, 0.2) is 0 Å². The molecule has 2 rings (SSSR count). The molecule has 6 nitrogen and oxygen atoms in total. The van der Waals surface area contributed by atoms with Gasteiger partial charge < -0.3 is 14.9 Å². The van der Waals surface area contributed by atoms with E-state index in [1.54, 1.807) is 0 Å². The number of carbonyl (C=O) groups excluding carboxylic acids is 2. The minimum absolute atomic E-state index is 0.0464. The van der Waals surface area contributed by atoms with E-state index in [-0.39, 0.29) is 42.7 Å². The van der Waals surface area contributed by atoms with Crippen molar-refractivity contribution >= 4 is 17.8 Å². The standard InChI is InChI=1S/C16H26N2O4/c1-11(2)8-17(10-15(20)21)16(22)12-7-14(19)18(9-12)13-5-3-4-6-13/h11-13H,3-10H2,1-2H3,(H,20,21). The van der Waals surface area contributed by atoms with Gasteiger partial charge >= 0.3 is 5.97 Å². The molecule has 0 radical (unpaired) electrons. The Hall–Kier alpha value is -1.59. The molecule has 1 saturated carbocycles. The largest absolute Gasteiger partial charge is 0.480 e. The van der Waals surface area contributed by atoms with Gasteiger partial charge in [-0.1, -0.05) is 26.7 Å². The van der Waals surface area contributed by atoms with Gasteiger partial charge in [0.2, 0.25) is 11.8 Å². The molecular formula is C16H26N2O4. The third-order valence-electron chi connectivity index (χ3n) is 4.50. The molecule has 0 spiro atoms. The first-order chi connectivity index (χ1) is 10.4. The number of rotatable bonds is 6. The van der Waals surface area contributed by atoms with E-state index in [2.05, 4.69) is 0 Å². The van der Waals surface area contributed by atoms with Crippen LogP contribution in [-0.2, 0) is 14.4 Å². The Morgan fingerprint density at radius 2 is 1.95 bits per heavy atom. The molecule has 0 aromatic heterocycles. The molecule has 1 aliphatic heterocycles. The Kier molecular flexibility index (Phi) is 5.42. The Morgan fingerprint density at radius 3 is 2.50 bits per heavy atom. The molecule has 1 unspecified atom stereocenters. The summed E-state index contributed by atoms with van der Waals surface area (Å²) in [5.74, 6) is -1.33. The Labute approximate surface area is 131 Å². The van der Waals surface area contributed by atoms with Gasteiger partial charge in [0, 0.05) is 25.6 Å². The van der Waals surface area contributed by atoms with Crippen LogP contribution < -0.4 is 0 Å². The van der Waals surface area contributed by atoms with Crippen LogP contribution in [0.2, 0.25) is 0 Å². The van der Waals surface area contributed by atoms with Crippen LogP contribution in [0.4, 0.5) is 0 Å². The first-order valence-electron chi connectivity index (χ1n) is 8.18. The third kappa shape index (κ3) is 3.99. The van der Waals surface area contributed by atoms with Crippen LogP contribution in [0.25, 0.3) is 0 Å². The average molecular weight is 310 g/mol. The number of aliphatic carboxylic acids is 1. The Balaban J connectivity index is 2.01. The lowest BCUT2D eigenvalue weighted by molar-refractivity contribution is -0.146. The molecule has 1 aliphatic carbocycles. The summed E-state index contributed by atoms with van der Waals surface area (Å²) >= 11 is 0. The van der Waals surface area contributed by atoms with Gasteiger partial charge in [0.25, 0.3) is 0 Å². The molecule has 124 valence electrons. The van der Waals surface area contributed by atoms with Crippen molar-refractivity contribution in [2.45, 2.75) is 52.0 Å². The second-order valence-corrected chi connectivity index (χ2v) is 6.89. The van der Waals surface area contributed by atoms with Crippen molar-refractivity contribution in [1.82, 2.24) is 9.80 Å². The monoisotopic (exact) mass is 310 g/mol. The van der Waals surface area contributed by atoms with Gasteiger partial charge in [-0.3, -0.25) is 14.4 Å². The second kappa shape index (κ2) is 7.11. The number of hydrogen-bond acceptors (Lipinski definition) is 3. The highest BCUT2D eigenvalue weighted by Crippen LogP contribution is 2.30. The normalized spacial score (nSPS) is 22.6. The second-order valence-electron chi connectivity index (χ2n) is 6.89. The van der Waals surface area contributed by atoms with Crippen molar-refractivity contribution in [2.75, 3.05) is 19.6 Å². The van der Waals surface area contributed by atoms with Crippen LogP contribution in [-0.4, -0.2) is 58.4 Å². The first kappa shape index (κ1) is 16.8. The first-order valence-corrected chi connectivity index (χ1v) is 8.18. The quantitative estimate of drug-likeness (QED) is 0.803. The molecule has 6 heteroatoms. The molecule has 2 fully saturated rings. The van der Waals surface area contributed by atoms with E-state index < -0.39 is 5.97 Å². The maximum Gasteiger partial charge on any atom is 0.323 e. The summed E-state index contributed by atoms with van der Waals surface area (Å²) in [5, 5.41) is 8.99. The molecule has 2 amide bonds. The summed E-state index contributed by atoms with van der Waals surface area (Å²) in [4.78, 5) is 39.0. The zero-order valence-corrected chi connectivity index (χ0v) is 13.5. The third-order valence-corrected chi connectivity index (χ3v) is 4.50. The topological polar surface area (TPSA) is 77.9 Å². The van der Waals surface area contributed by atoms with Gasteiger partial charge in [0.1, 0.15) is 6.54 Å². The van der Waals surface area contributed by atoms with Crippen molar-refractivity contribution in [3.63, 3.8) is 0 Å². The summed E-state index contributed by atoms with van der Waals surface area (Å²) < 4.78 is 0. The van der Waals surface area contributed by atoms with Crippen LogP contribution in [0.5, 0.6) is 0 Å². The predicted octanol–water partition coefficient (Wildman–Crippen LogP) is 1.35. The highest BCUT2D eigenvalue weighted by molar-refractivity contribution is 5.90. The summed E-state index contributed by atoms with van der Waals surface area (Å²) in [6.07, 6.45) is 4.57. The predicted molar refractivity (Wildman–Crippen MR) is 81.1 cm³/mol. The zero-order valence-electron chi connectivity index (χ0n) is 13.5. The van der Waals surface area contributed by atoms with E-state index in [0.29, 0.717) is 13.1 Å². The molecule has 1 N–H and O–H groups in total. The molecule has 0 aromatic carbocycles. The number of amides is 2. The maximum atomic E-state index is 12.6. The maximum absolute atomic E-state index is 12.6. The molecule has 2 aliphatic rings. The van der Waals surface area contributed by atoms with Crippen LogP contribution >= 0.6 is 0 Å². The number of nitrogens with zero attached hydrogens (tertiary/aromatic N) is 2. The number of carboxylic acids is 1. The minimum Gasteiger partial charge on any atom is -0.480 e. The number of likely N-dealkylation sites (tertiary alicyclic amines) is 1. The van der Waals surface area contributed by atoms with Gasteiger partial charge in [-0.15, -0.1) is 0 Å². The van der Waals surface area contributed by atoms with E-state index in [0.717, 1.165) is 25.7 Å². The summed E-state index contributed by atoms with van der Waals surface area (Å²) in [7, 11) is 0. The van der Waals surface area contributed by atoms with E-state index >= 15 is 0 Å². The van der Waals surface area contributed by atoms with Gasteiger partial charge in [-0.2, -0.15) is 0 Å². The van der Waals surface area contributed by atoms with E-state index in [1.807, 2.05) is 18.7 Å². The van der Waals surface area contributed by atoms with Gasteiger partial charge in [0.15, 0.2) is 0 Å². The zero-order chi connectivity index (χ0) is 16.3. The fourth-order valence-electron chi connectivity index (χ4n) is 3.56.